The highest BCUT2D eigenvalue weighted by molar-refractivity contribution is 7.99. The van der Waals surface area contributed by atoms with Crippen LogP contribution >= 0.6 is 11.8 Å². The number of rotatable bonds is 11. The van der Waals surface area contributed by atoms with E-state index in [1.54, 1.807) is 25.3 Å². The zero-order valence-corrected chi connectivity index (χ0v) is 22.0. The van der Waals surface area contributed by atoms with Gasteiger partial charge in [-0.05, 0) is 51.1 Å². The van der Waals surface area contributed by atoms with Crippen molar-refractivity contribution in [3.8, 4) is 17.2 Å². The van der Waals surface area contributed by atoms with E-state index in [9.17, 15) is 9.59 Å². The number of carbonyl (C=O) groups excluding carboxylic acids is 2. The molecule has 10 nitrogen and oxygen atoms in total. The van der Waals surface area contributed by atoms with E-state index in [4.69, 9.17) is 14.2 Å². The number of amides is 2. The van der Waals surface area contributed by atoms with Crippen molar-refractivity contribution >= 4 is 35.0 Å². The average Bonchev–Trinajstić information content (AvgIpc) is 3.27. The molecule has 1 heterocycles. The number of ether oxygens (including phenoxy) is 3. The highest BCUT2D eigenvalue weighted by Gasteiger charge is 2.22. The van der Waals surface area contributed by atoms with Crippen molar-refractivity contribution in [2.24, 2.45) is 0 Å². The Balaban J connectivity index is 1.68. The minimum Gasteiger partial charge on any atom is -0.497 e. The van der Waals surface area contributed by atoms with Gasteiger partial charge < -0.3 is 29.4 Å². The number of nitrogens with zero attached hydrogens (tertiary/aromatic N) is 3. The minimum atomic E-state index is -0.373. The van der Waals surface area contributed by atoms with Crippen LogP contribution in [0.3, 0.4) is 0 Å². The quantitative estimate of drug-likeness (QED) is 0.354. The fraction of sp³-hybridized carbons (Fsp3) is 0.360. The first-order valence-electron chi connectivity index (χ1n) is 11.4. The standard InChI is InChI=1S/C25H31N5O5S/c1-15(2)30-24(16(3)35-20-9-7-8-19(13-20)33-5)28-29-25(30)36-14-23(32)27-18-10-11-22(34-6)21(12-18)26-17(4)31/h7-13,15-16H,14H2,1-6H3,(H,26,31)(H,27,32). The number of carbonyl (C=O) groups is 2. The summed E-state index contributed by atoms with van der Waals surface area (Å²) >= 11 is 1.28. The molecule has 1 unspecified atom stereocenters. The number of hydrogen-bond donors (Lipinski definition) is 2. The summed E-state index contributed by atoms with van der Waals surface area (Å²) < 4.78 is 18.6. The molecule has 0 aliphatic heterocycles. The number of benzene rings is 2. The Labute approximate surface area is 214 Å². The smallest absolute Gasteiger partial charge is 0.234 e. The molecule has 0 bridgehead atoms. The lowest BCUT2D eigenvalue weighted by molar-refractivity contribution is -0.114. The summed E-state index contributed by atoms with van der Waals surface area (Å²) in [4.78, 5) is 24.1. The zero-order valence-electron chi connectivity index (χ0n) is 21.2. The van der Waals surface area contributed by atoms with Crippen molar-refractivity contribution in [2.75, 3.05) is 30.6 Å². The van der Waals surface area contributed by atoms with Gasteiger partial charge in [0.05, 0.1) is 25.7 Å². The molecular weight excluding hydrogens is 482 g/mol. The van der Waals surface area contributed by atoms with Gasteiger partial charge in [0.25, 0.3) is 0 Å². The molecule has 0 fully saturated rings. The predicted octanol–water partition coefficient (Wildman–Crippen LogP) is 4.71. The van der Waals surface area contributed by atoms with Crippen LogP contribution in [0.15, 0.2) is 47.6 Å². The van der Waals surface area contributed by atoms with Crippen LogP contribution < -0.4 is 24.8 Å². The van der Waals surface area contributed by atoms with Gasteiger partial charge in [-0.25, -0.2) is 0 Å². The summed E-state index contributed by atoms with van der Waals surface area (Å²) in [6.07, 6.45) is -0.373. The van der Waals surface area contributed by atoms with Crippen molar-refractivity contribution in [2.45, 2.75) is 45.0 Å². The summed E-state index contributed by atoms with van der Waals surface area (Å²) in [6.45, 7) is 7.36. The zero-order chi connectivity index (χ0) is 26.2. The molecule has 11 heteroatoms. The molecule has 2 aromatic carbocycles. The lowest BCUT2D eigenvalue weighted by Crippen LogP contribution is -2.17. The molecular formula is C25H31N5O5S. The Hall–Kier alpha value is -3.73. The SMILES string of the molecule is COc1cccc(OC(C)c2nnc(SCC(=O)Nc3ccc(OC)c(NC(C)=O)c3)n2C(C)C)c1. The summed E-state index contributed by atoms with van der Waals surface area (Å²) in [7, 11) is 3.12. The summed E-state index contributed by atoms with van der Waals surface area (Å²) in [5.74, 6) is 2.18. The Morgan fingerprint density at radius 2 is 1.75 bits per heavy atom. The molecule has 36 heavy (non-hydrogen) atoms. The average molecular weight is 514 g/mol. The molecule has 192 valence electrons. The molecule has 2 amide bonds. The maximum Gasteiger partial charge on any atom is 0.234 e. The van der Waals surface area contributed by atoms with Gasteiger partial charge in [0.1, 0.15) is 17.2 Å². The van der Waals surface area contributed by atoms with Crippen molar-refractivity contribution in [3.05, 3.63) is 48.3 Å². The molecule has 0 saturated heterocycles. The third-order valence-electron chi connectivity index (χ3n) is 5.05. The van der Waals surface area contributed by atoms with Crippen molar-refractivity contribution in [3.63, 3.8) is 0 Å². The van der Waals surface area contributed by atoms with Crippen LogP contribution in [0.25, 0.3) is 0 Å². The fourth-order valence-corrected chi connectivity index (χ4v) is 4.36. The molecule has 0 spiro atoms. The van der Waals surface area contributed by atoms with Crippen LogP contribution in [0, 0.1) is 0 Å². The van der Waals surface area contributed by atoms with Crippen LogP contribution in [0.4, 0.5) is 11.4 Å². The molecule has 0 aliphatic carbocycles. The highest BCUT2D eigenvalue weighted by atomic mass is 32.2. The van der Waals surface area contributed by atoms with Gasteiger partial charge in [0.2, 0.25) is 11.8 Å². The Morgan fingerprint density at radius 1 is 1.00 bits per heavy atom. The van der Waals surface area contributed by atoms with Gasteiger partial charge in [-0.15, -0.1) is 10.2 Å². The van der Waals surface area contributed by atoms with E-state index in [1.807, 2.05) is 49.6 Å². The van der Waals surface area contributed by atoms with Crippen molar-refractivity contribution in [1.29, 1.82) is 0 Å². The second kappa shape index (κ2) is 12.3. The predicted molar refractivity (Wildman–Crippen MR) is 139 cm³/mol. The maximum absolute atomic E-state index is 12.7. The van der Waals surface area contributed by atoms with Gasteiger partial charge in [0.15, 0.2) is 17.1 Å². The molecule has 2 N–H and O–H groups in total. The Morgan fingerprint density at radius 3 is 2.42 bits per heavy atom. The van der Waals surface area contributed by atoms with E-state index in [-0.39, 0.29) is 29.7 Å². The molecule has 0 saturated carbocycles. The molecule has 1 atom stereocenters. The van der Waals surface area contributed by atoms with Gasteiger partial charge in [-0.1, -0.05) is 17.8 Å². The van der Waals surface area contributed by atoms with Crippen LogP contribution in [-0.4, -0.2) is 46.6 Å². The Bertz CT molecular complexity index is 1210. The summed E-state index contributed by atoms with van der Waals surface area (Å²) in [5.41, 5.74) is 1.01. The van der Waals surface area contributed by atoms with Crippen molar-refractivity contribution in [1.82, 2.24) is 14.8 Å². The van der Waals surface area contributed by atoms with Gasteiger partial charge in [-0.3, -0.25) is 9.59 Å². The van der Waals surface area contributed by atoms with Crippen LogP contribution in [-0.2, 0) is 9.59 Å². The third-order valence-corrected chi connectivity index (χ3v) is 5.99. The number of anilines is 2. The first kappa shape index (κ1) is 26.9. The second-order valence-electron chi connectivity index (χ2n) is 8.18. The molecule has 0 radical (unpaired) electrons. The largest absolute Gasteiger partial charge is 0.497 e. The van der Waals surface area contributed by atoms with Crippen molar-refractivity contribution < 1.29 is 23.8 Å². The highest BCUT2D eigenvalue weighted by Crippen LogP contribution is 2.30. The number of aromatic nitrogens is 3. The first-order valence-corrected chi connectivity index (χ1v) is 12.3. The molecule has 1 aromatic heterocycles. The summed E-state index contributed by atoms with van der Waals surface area (Å²) in [5, 5.41) is 14.8. The normalized spacial score (nSPS) is 11.6. The van der Waals surface area contributed by atoms with Crippen LogP contribution in [0.1, 0.15) is 45.7 Å². The van der Waals surface area contributed by atoms with Gasteiger partial charge in [-0.2, -0.15) is 0 Å². The van der Waals surface area contributed by atoms with E-state index in [0.29, 0.717) is 39.6 Å². The minimum absolute atomic E-state index is 0.0544. The van der Waals surface area contributed by atoms with Crippen LogP contribution in [0.5, 0.6) is 17.2 Å². The summed E-state index contributed by atoms with van der Waals surface area (Å²) in [6, 6.07) is 12.5. The monoisotopic (exact) mass is 513 g/mol. The fourth-order valence-electron chi connectivity index (χ4n) is 3.48. The van der Waals surface area contributed by atoms with Crippen LogP contribution in [0.2, 0.25) is 0 Å². The molecule has 3 aromatic rings. The third kappa shape index (κ3) is 6.91. The topological polar surface area (TPSA) is 117 Å². The second-order valence-corrected chi connectivity index (χ2v) is 9.12. The van der Waals surface area contributed by atoms with Gasteiger partial charge >= 0.3 is 0 Å². The maximum atomic E-state index is 12.7. The number of methoxy groups -OCH3 is 2. The van der Waals surface area contributed by atoms with E-state index >= 15 is 0 Å². The number of thioether (sulfide) groups is 1. The lowest BCUT2D eigenvalue weighted by atomic mass is 10.2. The van der Waals surface area contributed by atoms with E-state index in [2.05, 4.69) is 20.8 Å². The van der Waals surface area contributed by atoms with Gasteiger partial charge in [0, 0.05) is 24.7 Å². The van der Waals surface area contributed by atoms with E-state index < -0.39 is 0 Å². The Kier molecular flexibility index (Phi) is 9.18. The molecule has 3 rings (SSSR count). The number of nitrogens with one attached hydrogen (secondary N) is 2. The number of hydrogen-bond acceptors (Lipinski definition) is 8. The van der Waals surface area contributed by atoms with E-state index in [1.165, 1.54) is 25.8 Å². The van der Waals surface area contributed by atoms with E-state index in [0.717, 1.165) is 0 Å². The lowest BCUT2D eigenvalue weighted by Gasteiger charge is -2.19. The molecule has 0 aliphatic rings. The first-order chi connectivity index (χ1) is 17.2.